The number of aliphatic carboxylic acids is 2. The Bertz CT molecular complexity index is 2550. The number of hydrogen-bond donors (Lipinski definition) is 18. The number of hydrogen-bond acceptors (Lipinski definition) is 18. The number of aromatic nitrogens is 2. The van der Waals surface area contributed by atoms with Crippen LogP contribution >= 0.6 is 0 Å². The number of carbonyl (C=O) groups excluding carboxylic acids is 12. The topological polar surface area (TPSA) is 533 Å². The zero-order valence-electron chi connectivity index (χ0n) is 51.2. The first kappa shape index (κ1) is 76.7. The molecule has 0 bridgehead atoms. The summed E-state index contributed by atoms with van der Waals surface area (Å²) in [5.74, 6) is -15.7. The third-order valence-electron chi connectivity index (χ3n) is 13.3. The molecule has 0 saturated heterocycles. The van der Waals surface area contributed by atoms with Gasteiger partial charge in [0.2, 0.25) is 70.9 Å². The highest BCUT2D eigenvalue weighted by Gasteiger charge is 2.38. The van der Waals surface area contributed by atoms with E-state index in [0.717, 1.165) is 6.92 Å². The van der Waals surface area contributed by atoms with Crippen molar-refractivity contribution in [1.29, 1.82) is 0 Å². The molecule has 0 aliphatic carbocycles. The lowest BCUT2D eigenvalue weighted by Crippen LogP contribution is -2.61. The number of nitrogens with two attached hydrogens (primary N) is 2. The number of carboxylic acids is 2. The van der Waals surface area contributed by atoms with Crippen LogP contribution in [-0.4, -0.2) is 198 Å². The van der Waals surface area contributed by atoms with Crippen molar-refractivity contribution in [1.82, 2.24) is 68.5 Å². The number of amides is 12. The Morgan fingerprint density at radius 1 is 0.483 bits per heavy atom. The monoisotopic (exact) mass is 1240 g/mol. The van der Waals surface area contributed by atoms with Gasteiger partial charge in [-0.25, -0.2) is 9.78 Å². The van der Waals surface area contributed by atoms with Crippen LogP contribution in [0.15, 0.2) is 12.5 Å². The second kappa shape index (κ2) is 37.3. The molecule has 0 aliphatic heterocycles. The van der Waals surface area contributed by atoms with Crippen LogP contribution in [0.2, 0.25) is 0 Å². The molecular weight excluding hydrogens is 1150 g/mol. The van der Waals surface area contributed by atoms with Crippen molar-refractivity contribution < 1.29 is 87.5 Å². The van der Waals surface area contributed by atoms with E-state index in [4.69, 9.17) is 11.5 Å². The Labute approximate surface area is 504 Å². The van der Waals surface area contributed by atoms with E-state index in [-0.39, 0.29) is 43.4 Å². The summed E-state index contributed by atoms with van der Waals surface area (Å²) in [5.41, 5.74) is 11.1. The molecule has 33 heteroatoms. The van der Waals surface area contributed by atoms with Crippen molar-refractivity contribution in [2.45, 2.75) is 207 Å². The van der Waals surface area contributed by atoms with Gasteiger partial charge >= 0.3 is 11.9 Å². The molecule has 0 spiro atoms. The van der Waals surface area contributed by atoms with Gasteiger partial charge in [-0.15, -0.1) is 0 Å². The summed E-state index contributed by atoms with van der Waals surface area (Å²) >= 11 is 0. The molecule has 490 valence electrons. The van der Waals surface area contributed by atoms with E-state index in [9.17, 15) is 87.5 Å². The highest BCUT2D eigenvalue weighted by molar-refractivity contribution is 6.00. The maximum atomic E-state index is 14.3. The second-order valence-electron chi connectivity index (χ2n) is 22.7. The SMILES string of the molecule is CC[C@H](C)[C@H](NC(=O)[C@H](CC(C)C)NC(=O)[C@H](C)NC(=O)[C@H](C)NC(=O)[C@H](C)NC(=O)[C@H](Cc1cnc[nH]1)NC(=O)[C@H](CO)NC(=O)[C@@H](N)CC(N)=O)C(=O)N[C@@H](CC(C)C)C(=O)N[C@@H](CC(C)C)C(=O)N[C@@H](CC(=O)O)C(=O)N[C@H](C(=O)O)[C@@H](C)O. The molecule has 87 heavy (non-hydrogen) atoms. The molecule has 0 radical (unpaired) electrons. The normalized spacial score (nSPS) is 16.1. The minimum Gasteiger partial charge on any atom is -0.481 e. The smallest absolute Gasteiger partial charge is 0.328 e. The number of carboxylic acid groups (broad SMARTS) is 2. The lowest BCUT2D eigenvalue weighted by molar-refractivity contribution is -0.146. The number of aliphatic hydroxyl groups is 2. The highest BCUT2D eigenvalue weighted by Crippen LogP contribution is 2.15. The van der Waals surface area contributed by atoms with Crippen molar-refractivity contribution in [3.05, 3.63) is 18.2 Å². The van der Waals surface area contributed by atoms with Crippen LogP contribution in [0.4, 0.5) is 0 Å². The Morgan fingerprint density at radius 3 is 1.25 bits per heavy atom. The summed E-state index contributed by atoms with van der Waals surface area (Å²) in [6.07, 6.45) is -0.431. The lowest BCUT2D eigenvalue weighted by atomic mass is 9.95. The standard InChI is InChI=1S/C54H91N15O18/c1-13-26(8)41(53(85)66-34(15-24(4)5)49(81)63-33(14-23(2)3)48(80)65-37(19-40(73)74)51(83)69-42(30(12)71)54(86)87)68-50(82)35(16-25(6)7)62-45(77)29(11)60-43(75)27(9)59-44(76)28(10)61-47(79)36(17-31-20-57-22-58-31)64-52(84)38(21-70)67-46(78)32(55)18-39(56)72/h20,22-30,32-38,41-42,70-71H,13-19,21,55H2,1-12H3,(H2,56,72)(H,57,58)(H,59,76)(H,60,75)(H,61,79)(H,62,77)(H,63,81)(H,64,84)(H,65,80)(H,66,85)(H,67,78)(H,68,82)(H,69,83)(H,73,74)(H,86,87)/t26-,27-,28-,29-,30+,32-,33-,34-,35-,36-,37-,38-,41-,42-/m0/s1. The largest absolute Gasteiger partial charge is 0.481 e. The summed E-state index contributed by atoms with van der Waals surface area (Å²) in [4.78, 5) is 190. The number of nitrogens with zero attached hydrogens (tertiary/aromatic N) is 1. The van der Waals surface area contributed by atoms with Crippen LogP contribution < -0.4 is 70.0 Å². The first-order valence-corrected chi connectivity index (χ1v) is 28.5. The fourth-order valence-corrected chi connectivity index (χ4v) is 8.26. The van der Waals surface area contributed by atoms with Gasteiger partial charge in [-0.2, -0.15) is 0 Å². The molecule has 20 N–H and O–H groups in total. The number of imidazole rings is 1. The average molecular weight is 1240 g/mol. The van der Waals surface area contributed by atoms with Crippen LogP contribution in [0.25, 0.3) is 0 Å². The van der Waals surface area contributed by atoms with Gasteiger partial charge in [-0.05, 0) is 70.6 Å². The molecule has 1 aromatic heterocycles. The number of primary amides is 1. The molecule has 0 unspecified atom stereocenters. The van der Waals surface area contributed by atoms with Crippen LogP contribution in [0.5, 0.6) is 0 Å². The van der Waals surface area contributed by atoms with Crippen LogP contribution in [0, 0.1) is 23.7 Å². The highest BCUT2D eigenvalue weighted by atomic mass is 16.4. The quantitative estimate of drug-likeness (QED) is 0.0293. The Balaban J connectivity index is 3.24. The number of aliphatic hydroxyl groups excluding tert-OH is 2. The van der Waals surface area contributed by atoms with E-state index in [1.807, 2.05) is 5.32 Å². The Kier molecular flexibility index (Phi) is 32.9. The first-order chi connectivity index (χ1) is 40.4. The summed E-state index contributed by atoms with van der Waals surface area (Å²) in [5, 5.41) is 65.4. The fourth-order valence-electron chi connectivity index (χ4n) is 8.26. The third-order valence-corrected chi connectivity index (χ3v) is 13.3. The molecule has 1 heterocycles. The van der Waals surface area contributed by atoms with Crippen LogP contribution in [-0.2, 0) is 73.5 Å². The minimum absolute atomic E-state index is 0.00862. The van der Waals surface area contributed by atoms with Crippen molar-refractivity contribution in [3.8, 4) is 0 Å². The van der Waals surface area contributed by atoms with Crippen molar-refractivity contribution in [3.63, 3.8) is 0 Å². The second-order valence-corrected chi connectivity index (χ2v) is 22.7. The predicted octanol–water partition coefficient (Wildman–Crippen LogP) is -5.34. The van der Waals surface area contributed by atoms with Gasteiger partial charge < -0.3 is 95.4 Å². The Morgan fingerprint density at radius 2 is 0.851 bits per heavy atom. The van der Waals surface area contributed by atoms with Crippen LogP contribution in [0.3, 0.4) is 0 Å². The summed E-state index contributed by atoms with van der Waals surface area (Å²) in [7, 11) is 0. The Hall–Kier alpha value is -8.33. The zero-order valence-corrected chi connectivity index (χ0v) is 51.2. The van der Waals surface area contributed by atoms with Crippen molar-refractivity contribution in [2.75, 3.05) is 6.61 Å². The fraction of sp³-hybridized carbons (Fsp3) is 0.685. The number of rotatable bonds is 39. The van der Waals surface area contributed by atoms with E-state index >= 15 is 0 Å². The predicted molar refractivity (Wildman–Crippen MR) is 309 cm³/mol. The molecule has 0 aromatic carbocycles. The first-order valence-electron chi connectivity index (χ1n) is 28.5. The van der Waals surface area contributed by atoms with Gasteiger partial charge in [0.05, 0.1) is 37.9 Å². The number of carbonyl (C=O) groups is 14. The molecule has 12 amide bonds. The van der Waals surface area contributed by atoms with Crippen LogP contribution in [0.1, 0.15) is 127 Å². The zero-order chi connectivity index (χ0) is 66.7. The summed E-state index contributed by atoms with van der Waals surface area (Å²) in [6, 6.07) is -17.6. The molecule has 1 aromatic rings. The summed E-state index contributed by atoms with van der Waals surface area (Å²) < 4.78 is 0. The molecule has 0 fully saturated rings. The van der Waals surface area contributed by atoms with E-state index in [1.165, 1.54) is 33.3 Å². The number of nitrogens with one attached hydrogen (secondary N) is 12. The average Bonchev–Trinajstić information content (AvgIpc) is 3.51. The molecule has 0 aliphatic rings. The van der Waals surface area contributed by atoms with E-state index in [2.05, 4.69) is 63.1 Å². The van der Waals surface area contributed by atoms with E-state index in [1.54, 1.807) is 55.4 Å². The summed E-state index contributed by atoms with van der Waals surface area (Å²) in [6.45, 7) is 17.8. The minimum atomic E-state index is -1.86. The third kappa shape index (κ3) is 27.7. The van der Waals surface area contributed by atoms with E-state index in [0.29, 0.717) is 12.1 Å². The van der Waals surface area contributed by atoms with Gasteiger partial charge in [0.15, 0.2) is 6.04 Å². The van der Waals surface area contributed by atoms with E-state index < -0.39 is 187 Å². The van der Waals surface area contributed by atoms with Gasteiger partial charge in [0.1, 0.15) is 60.4 Å². The number of aromatic amines is 1. The molecule has 14 atom stereocenters. The molecular formula is C54H91N15O18. The molecule has 1 rings (SSSR count). The number of H-pyrrole nitrogens is 1. The lowest BCUT2D eigenvalue weighted by Gasteiger charge is -2.30. The van der Waals surface area contributed by atoms with Gasteiger partial charge in [-0.3, -0.25) is 62.3 Å². The van der Waals surface area contributed by atoms with Crippen molar-refractivity contribution in [2.24, 2.45) is 35.1 Å². The maximum Gasteiger partial charge on any atom is 0.328 e. The van der Waals surface area contributed by atoms with Gasteiger partial charge in [0, 0.05) is 18.3 Å². The van der Waals surface area contributed by atoms with Gasteiger partial charge in [-0.1, -0.05) is 61.8 Å². The molecule has 33 nitrogen and oxygen atoms in total. The maximum absolute atomic E-state index is 14.3. The van der Waals surface area contributed by atoms with Crippen molar-refractivity contribution >= 4 is 82.8 Å². The van der Waals surface area contributed by atoms with Gasteiger partial charge in [0.25, 0.3) is 0 Å². The molecule has 0 saturated carbocycles.